The first-order valence-corrected chi connectivity index (χ1v) is 5.75. The Kier molecular flexibility index (Phi) is 4.57. The maximum atomic E-state index is 11.8. The average molecular weight is 252 g/mol. The zero-order chi connectivity index (χ0) is 13.0. The lowest BCUT2D eigenvalue weighted by Crippen LogP contribution is -2.47. The van der Waals surface area contributed by atoms with E-state index in [4.69, 9.17) is 5.73 Å². The summed E-state index contributed by atoms with van der Waals surface area (Å²) in [6, 6.07) is 6.07. The van der Waals surface area contributed by atoms with Gasteiger partial charge in [0.05, 0.1) is 0 Å². The predicted molar refractivity (Wildman–Crippen MR) is 69.0 cm³/mol. The van der Waals surface area contributed by atoms with E-state index < -0.39 is 11.9 Å². The molecule has 4 nitrogen and oxygen atoms in total. The molecule has 1 rings (SSSR count). The number of benzene rings is 1. The fraction of sp³-hybridized carbons (Fsp3) is 0.333. The molecule has 5 heteroatoms. The van der Waals surface area contributed by atoms with Crippen LogP contribution in [0, 0.1) is 5.92 Å². The number of nitrogens with two attached hydrogens (primary N) is 1. The van der Waals surface area contributed by atoms with Gasteiger partial charge in [-0.3, -0.25) is 9.59 Å². The summed E-state index contributed by atoms with van der Waals surface area (Å²) in [7, 11) is 0. The summed E-state index contributed by atoms with van der Waals surface area (Å²) in [5.41, 5.74) is 5.70. The number of primary amides is 1. The summed E-state index contributed by atoms with van der Waals surface area (Å²) in [5.74, 6) is -0.879. The van der Waals surface area contributed by atoms with Gasteiger partial charge in [0.1, 0.15) is 6.04 Å². The molecule has 1 aromatic carbocycles. The van der Waals surface area contributed by atoms with E-state index in [1.807, 2.05) is 13.8 Å². The largest absolute Gasteiger partial charge is 0.368 e. The Hall–Kier alpha value is -1.49. The number of hydrogen-bond donors (Lipinski definition) is 3. The van der Waals surface area contributed by atoms with E-state index in [1.54, 1.807) is 24.3 Å². The molecule has 0 aliphatic carbocycles. The van der Waals surface area contributed by atoms with E-state index in [9.17, 15) is 9.59 Å². The SMILES string of the molecule is CC(C)C(NC(=O)c1ccc(S)cc1)C(N)=O. The number of amides is 2. The summed E-state index contributed by atoms with van der Waals surface area (Å²) >= 11 is 4.13. The Labute approximate surface area is 106 Å². The fourth-order valence-electron chi connectivity index (χ4n) is 1.40. The van der Waals surface area contributed by atoms with E-state index in [0.29, 0.717) is 5.56 Å². The smallest absolute Gasteiger partial charge is 0.251 e. The van der Waals surface area contributed by atoms with Crippen molar-refractivity contribution in [3.05, 3.63) is 29.8 Å². The van der Waals surface area contributed by atoms with E-state index in [0.717, 1.165) is 4.90 Å². The average Bonchev–Trinajstić information content (AvgIpc) is 2.25. The molecule has 1 aromatic rings. The number of nitrogens with one attached hydrogen (secondary N) is 1. The van der Waals surface area contributed by atoms with Crippen LogP contribution in [0.3, 0.4) is 0 Å². The van der Waals surface area contributed by atoms with Crippen LogP contribution in [0.15, 0.2) is 29.2 Å². The van der Waals surface area contributed by atoms with Crippen molar-refractivity contribution < 1.29 is 9.59 Å². The van der Waals surface area contributed by atoms with Gasteiger partial charge in [0.2, 0.25) is 5.91 Å². The minimum absolute atomic E-state index is 0.0411. The number of hydrogen-bond acceptors (Lipinski definition) is 3. The van der Waals surface area contributed by atoms with Crippen LogP contribution in [0.5, 0.6) is 0 Å². The Morgan fingerprint density at radius 2 is 1.76 bits per heavy atom. The molecule has 92 valence electrons. The van der Waals surface area contributed by atoms with E-state index in [2.05, 4.69) is 17.9 Å². The van der Waals surface area contributed by atoms with Crippen LogP contribution >= 0.6 is 12.6 Å². The van der Waals surface area contributed by atoms with Crippen LogP contribution in [0.4, 0.5) is 0 Å². The molecule has 0 aliphatic heterocycles. The highest BCUT2D eigenvalue weighted by Crippen LogP contribution is 2.09. The number of rotatable bonds is 4. The molecule has 17 heavy (non-hydrogen) atoms. The Bertz CT molecular complexity index is 415. The van der Waals surface area contributed by atoms with Gasteiger partial charge in [-0.2, -0.15) is 0 Å². The molecule has 0 heterocycles. The fourth-order valence-corrected chi connectivity index (χ4v) is 1.55. The quantitative estimate of drug-likeness (QED) is 0.705. The second-order valence-electron chi connectivity index (χ2n) is 4.14. The van der Waals surface area contributed by atoms with Gasteiger partial charge >= 0.3 is 0 Å². The van der Waals surface area contributed by atoms with Crippen LogP contribution in [0.25, 0.3) is 0 Å². The van der Waals surface area contributed by atoms with E-state index in [1.165, 1.54) is 0 Å². The lowest BCUT2D eigenvalue weighted by Gasteiger charge is -2.18. The minimum Gasteiger partial charge on any atom is -0.368 e. The lowest BCUT2D eigenvalue weighted by atomic mass is 10.0. The third-order valence-corrected chi connectivity index (χ3v) is 2.69. The van der Waals surface area contributed by atoms with Gasteiger partial charge in [0, 0.05) is 10.5 Å². The molecule has 1 unspecified atom stereocenters. The first-order chi connectivity index (χ1) is 7.91. The highest BCUT2D eigenvalue weighted by Gasteiger charge is 2.21. The molecular weight excluding hydrogens is 236 g/mol. The summed E-state index contributed by atoms with van der Waals surface area (Å²) in [5, 5.41) is 2.61. The Balaban J connectivity index is 2.77. The third kappa shape index (κ3) is 3.78. The standard InChI is InChI=1S/C12H16N2O2S/c1-7(2)10(11(13)15)14-12(16)8-3-5-9(17)6-4-8/h3-7,10,17H,1-2H3,(H2,13,15)(H,14,16). The summed E-state index contributed by atoms with van der Waals surface area (Å²) in [6.07, 6.45) is 0. The second-order valence-corrected chi connectivity index (χ2v) is 4.66. The molecule has 0 saturated heterocycles. The first-order valence-electron chi connectivity index (χ1n) is 5.31. The minimum atomic E-state index is -0.654. The van der Waals surface area contributed by atoms with Crippen molar-refractivity contribution in [1.82, 2.24) is 5.32 Å². The molecule has 0 fully saturated rings. The van der Waals surface area contributed by atoms with Crippen LogP contribution < -0.4 is 11.1 Å². The van der Waals surface area contributed by atoms with Crippen molar-refractivity contribution in [1.29, 1.82) is 0 Å². The van der Waals surface area contributed by atoms with Crippen molar-refractivity contribution in [3.8, 4) is 0 Å². The maximum Gasteiger partial charge on any atom is 0.251 e. The van der Waals surface area contributed by atoms with Gasteiger partial charge in [0.25, 0.3) is 5.91 Å². The van der Waals surface area contributed by atoms with Crippen molar-refractivity contribution in [2.75, 3.05) is 0 Å². The molecule has 2 amide bonds. The molecule has 0 saturated carbocycles. The van der Waals surface area contributed by atoms with Gasteiger partial charge in [0.15, 0.2) is 0 Å². The van der Waals surface area contributed by atoms with Crippen molar-refractivity contribution in [3.63, 3.8) is 0 Å². The molecule has 3 N–H and O–H groups in total. The molecule has 0 aliphatic rings. The summed E-state index contributed by atoms with van der Waals surface area (Å²) in [6.45, 7) is 3.65. The number of carbonyl (C=O) groups is 2. The van der Waals surface area contributed by atoms with Crippen LogP contribution in [-0.2, 0) is 4.79 Å². The van der Waals surface area contributed by atoms with Gasteiger partial charge in [-0.25, -0.2) is 0 Å². The topological polar surface area (TPSA) is 72.2 Å². The van der Waals surface area contributed by atoms with Gasteiger partial charge in [-0.15, -0.1) is 12.6 Å². The molecule has 0 spiro atoms. The number of thiol groups is 1. The van der Waals surface area contributed by atoms with Crippen LogP contribution in [0.1, 0.15) is 24.2 Å². The van der Waals surface area contributed by atoms with Gasteiger partial charge in [-0.1, -0.05) is 13.8 Å². The normalized spacial score (nSPS) is 12.2. The summed E-state index contributed by atoms with van der Waals surface area (Å²) < 4.78 is 0. The highest BCUT2D eigenvalue weighted by molar-refractivity contribution is 7.80. The molecule has 1 atom stereocenters. The van der Waals surface area contributed by atoms with Crippen molar-refractivity contribution >= 4 is 24.4 Å². The molecule has 0 radical (unpaired) electrons. The van der Waals surface area contributed by atoms with Crippen molar-refractivity contribution in [2.24, 2.45) is 11.7 Å². The van der Waals surface area contributed by atoms with E-state index in [-0.39, 0.29) is 11.8 Å². The first kappa shape index (κ1) is 13.6. The molecule has 0 aromatic heterocycles. The maximum absolute atomic E-state index is 11.8. The monoisotopic (exact) mass is 252 g/mol. The molecular formula is C12H16N2O2S. The molecule has 0 bridgehead atoms. The van der Waals surface area contributed by atoms with Crippen LogP contribution in [0.2, 0.25) is 0 Å². The van der Waals surface area contributed by atoms with Crippen molar-refractivity contribution in [2.45, 2.75) is 24.8 Å². The predicted octanol–water partition coefficient (Wildman–Crippen LogP) is 1.21. The zero-order valence-electron chi connectivity index (χ0n) is 9.81. The Morgan fingerprint density at radius 1 is 1.24 bits per heavy atom. The summed E-state index contributed by atoms with van der Waals surface area (Å²) in [4.78, 5) is 23.8. The Morgan fingerprint density at radius 3 is 2.18 bits per heavy atom. The zero-order valence-corrected chi connectivity index (χ0v) is 10.7. The van der Waals surface area contributed by atoms with Crippen LogP contribution in [-0.4, -0.2) is 17.9 Å². The van der Waals surface area contributed by atoms with Gasteiger partial charge in [-0.05, 0) is 30.2 Å². The van der Waals surface area contributed by atoms with Gasteiger partial charge < -0.3 is 11.1 Å². The lowest BCUT2D eigenvalue weighted by molar-refractivity contribution is -0.120. The highest BCUT2D eigenvalue weighted by atomic mass is 32.1. The third-order valence-electron chi connectivity index (χ3n) is 2.39. The number of carbonyl (C=O) groups excluding carboxylic acids is 2. The second kappa shape index (κ2) is 5.72. The van der Waals surface area contributed by atoms with E-state index >= 15 is 0 Å².